The first kappa shape index (κ1) is 18.2. The number of carbonyl (C=O) groups is 1. The molecular formula is C23H17BrN2O2. The van der Waals surface area contributed by atoms with E-state index in [9.17, 15) is 4.79 Å². The Bertz CT molecular complexity index is 1130. The Labute approximate surface area is 171 Å². The van der Waals surface area contributed by atoms with Gasteiger partial charge in [-0.05, 0) is 42.8 Å². The number of carbonyl (C=O) groups excluding carboxylic acids is 1. The molecule has 1 amide bonds. The second-order valence-corrected chi connectivity index (χ2v) is 7.27. The summed E-state index contributed by atoms with van der Waals surface area (Å²) in [7, 11) is 0. The fraction of sp³-hybridized carbons (Fsp3) is 0.0435. The van der Waals surface area contributed by atoms with Gasteiger partial charge in [-0.3, -0.25) is 4.79 Å². The Balaban J connectivity index is 1.66. The fourth-order valence-corrected chi connectivity index (χ4v) is 3.18. The third kappa shape index (κ3) is 3.75. The summed E-state index contributed by atoms with van der Waals surface area (Å²) in [5.74, 6) is 0.860. The fourth-order valence-electron chi connectivity index (χ4n) is 2.92. The first-order chi connectivity index (χ1) is 13.6. The second kappa shape index (κ2) is 7.82. The molecule has 0 bridgehead atoms. The number of anilines is 1. The number of halogens is 1. The average Bonchev–Trinajstić information content (AvgIpc) is 3.20. The van der Waals surface area contributed by atoms with E-state index in [1.54, 1.807) is 12.3 Å². The van der Waals surface area contributed by atoms with Crippen LogP contribution in [0.3, 0.4) is 0 Å². The number of nitrogens with zero attached hydrogens (tertiary/aromatic N) is 1. The van der Waals surface area contributed by atoms with Gasteiger partial charge in [-0.1, -0.05) is 58.4 Å². The van der Waals surface area contributed by atoms with Crippen LogP contribution in [0.5, 0.6) is 0 Å². The summed E-state index contributed by atoms with van der Waals surface area (Å²) in [6, 6.07) is 22.8. The molecule has 0 radical (unpaired) electrons. The van der Waals surface area contributed by atoms with Crippen LogP contribution in [0.25, 0.3) is 22.8 Å². The van der Waals surface area contributed by atoms with E-state index >= 15 is 0 Å². The smallest absolute Gasteiger partial charge is 0.256 e. The van der Waals surface area contributed by atoms with Crippen molar-refractivity contribution in [1.82, 2.24) is 4.98 Å². The Morgan fingerprint density at radius 2 is 1.68 bits per heavy atom. The van der Waals surface area contributed by atoms with E-state index in [-0.39, 0.29) is 5.91 Å². The highest BCUT2D eigenvalue weighted by Crippen LogP contribution is 2.29. The third-order valence-corrected chi connectivity index (χ3v) is 4.96. The van der Waals surface area contributed by atoms with Crippen molar-refractivity contribution < 1.29 is 9.21 Å². The Morgan fingerprint density at radius 3 is 2.46 bits per heavy atom. The van der Waals surface area contributed by atoms with E-state index in [2.05, 4.69) is 26.2 Å². The highest BCUT2D eigenvalue weighted by molar-refractivity contribution is 9.10. The Hall–Kier alpha value is -3.18. The van der Waals surface area contributed by atoms with Crippen LogP contribution < -0.4 is 5.32 Å². The van der Waals surface area contributed by atoms with E-state index in [0.717, 1.165) is 21.3 Å². The first-order valence-corrected chi connectivity index (χ1v) is 9.59. The van der Waals surface area contributed by atoms with Crippen molar-refractivity contribution in [1.29, 1.82) is 0 Å². The van der Waals surface area contributed by atoms with Gasteiger partial charge in [0, 0.05) is 21.3 Å². The quantitative estimate of drug-likeness (QED) is 0.409. The second-order valence-electron chi connectivity index (χ2n) is 6.35. The van der Waals surface area contributed by atoms with Gasteiger partial charge in [-0.2, -0.15) is 0 Å². The van der Waals surface area contributed by atoms with Gasteiger partial charge in [0.25, 0.3) is 5.91 Å². The standard InChI is InChI=1S/C23H17BrN2O2/c1-15-6-2-5-9-20(15)26-22(27)18-7-3-4-8-19(18)23-25-14-21(28-23)16-10-12-17(24)13-11-16/h2-14H,1H3,(H,26,27). The van der Waals surface area contributed by atoms with Crippen molar-refractivity contribution in [3.63, 3.8) is 0 Å². The summed E-state index contributed by atoms with van der Waals surface area (Å²) in [5.41, 5.74) is 3.86. The van der Waals surface area contributed by atoms with E-state index in [1.165, 1.54) is 0 Å². The zero-order valence-electron chi connectivity index (χ0n) is 15.1. The maximum atomic E-state index is 12.9. The van der Waals surface area contributed by atoms with Gasteiger partial charge in [0.05, 0.1) is 11.8 Å². The molecule has 0 aliphatic carbocycles. The monoisotopic (exact) mass is 432 g/mol. The molecule has 0 aliphatic heterocycles. The topological polar surface area (TPSA) is 55.1 Å². The van der Waals surface area contributed by atoms with Crippen molar-refractivity contribution in [3.05, 3.63) is 94.6 Å². The SMILES string of the molecule is Cc1ccccc1NC(=O)c1ccccc1-c1ncc(-c2ccc(Br)cc2)o1. The van der Waals surface area contributed by atoms with Crippen molar-refractivity contribution in [2.75, 3.05) is 5.32 Å². The lowest BCUT2D eigenvalue weighted by molar-refractivity contribution is 0.102. The number of hydrogen-bond acceptors (Lipinski definition) is 3. The average molecular weight is 433 g/mol. The van der Waals surface area contributed by atoms with Crippen LogP contribution in [-0.4, -0.2) is 10.9 Å². The minimum absolute atomic E-state index is 0.201. The number of para-hydroxylation sites is 1. The summed E-state index contributed by atoms with van der Waals surface area (Å²) in [6.45, 7) is 1.96. The van der Waals surface area contributed by atoms with Crippen LogP contribution in [0.15, 0.2) is 87.9 Å². The van der Waals surface area contributed by atoms with Gasteiger partial charge in [0.2, 0.25) is 5.89 Å². The van der Waals surface area contributed by atoms with Gasteiger partial charge >= 0.3 is 0 Å². The molecule has 4 nitrogen and oxygen atoms in total. The van der Waals surface area contributed by atoms with E-state index < -0.39 is 0 Å². The lowest BCUT2D eigenvalue weighted by atomic mass is 10.1. The number of hydrogen-bond donors (Lipinski definition) is 1. The van der Waals surface area contributed by atoms with Gasteiger partial charge in [-0.15, -0.1) is 0 Å². The maximum absolute atomic E-state index is 12.9. The highest BCUT2D eigenvalue weighted by atomic mass is 79.9. The predicted octanol–water partition coefficient (Wildman–Crippen LogP) is 6.33. The molecular weight excluding hydrogens is 416 g/mol. The molecule has 0 fully saturated rings. The summed E-state index contributed by atoms with van der Waals surface area (Å²) in [6.07, 6.45) is 1.68. The summed E-state index contributed by atoms with van der Waals surface area (Å²) >= 11 is 3.43. The van der Waals surface area contributed by atoms with Gasteiger partial charge < -0.3 is 9.73 Å². The first-order valence-electron chi connectivity index (χ1n) is 8.80. The van der Waals surface area contributed by atoms with Crippen molar-refractivity contribution in [3.8, 4) is 22.8 Å². The third-order valence-electron chi connectivity index (χ3n) is 4.43. The van der Waals surface area contributed by atoms with Crippen LogP contribution in [0, 0.1) is 6.92 Å². The van der Waals surface area contributed by atoms with E-state index in [4.69, 9.17) is 4.42 Å². The largest absolute Gasteiger partial charge is 0.436 e. The number of benzene rings is 3. The Kier molecular flexibility index (Phi) is 5.08. The van der Waals surface area contributed by atoms with Gasteiger partial charge in [0.1, 0.15) is 0 Å². The lowest BCUT2D eigenvalue weighted by Crippen LogP contribution is -2.13. The minimum Gasteiger partial charge on any atom is -0.436 e. The molecule has 4 aromatic rings. The number of aromatic nitrogens is 1. The number of aryl methyl sites for hydroxylation is 1. The maximum Gasteiger partial charge on any atom is 0.256 e. The number of rotatable bonds is 4. The van der Waals surface area contributed by atoms with Crippen molar-refractivity contribution in [2.45, 2.75) is 6.92 Å². The molecule has 0 spiro atoms. The summed E-state index contributed by atoms with van der Waals surface area (Å²) in [5, 5.41) is 2.97. The molecule has 0 saturated heterocycles. The molecule has 0 atom stereocenters. The van der Waals surface area contributed by atoms with Crippen LogP contribution in [0.2, 0.25) is 0 Å². The molecule has 28 heavy (non-hydrogen) atoms. The zero-order chi connectivity index (χ0) is 19.5. The van der Waals surface area contributed by atoms with Crippen LogP contribution >= 0.6 is 15.9 Å². The summed E-state index contributed by atoms with van der Waals surface area (Å²) < 4.78 is 6.95. The number of amides is 1. The van der Waals surface area contributed by atoms with Crippen molar-refractivity contribution >= 4 is 27.5 Å². The van der Waals surface area contributed by atoms with Crippen LogP contribution in [0.4, 0.5) is 5.69 Å². The molecule has 1 heterocycles. The molecule has 4 rings (SSSR count). The van der Waals surface area contributed by atoms with Crippen LogP contribution in [0.1, 0.15) is 15.9 Å². The van der Waals surface area contributed by atoms with Gasteiger partial charge in [0.15, 0.2) is 5.76 Å². The zero-order valence-corrected chi connectivity index (χ0v) is 16.7. The minimum atomic E-state index is -0.201. The Morgan fingerprint density at radius 1 is 0.964 bits per heavy atom. The lowest BCUT2D eigenvalue weighted by Gasteiger charge is -2.10. The van der Waals surface area contributed by atoms with Crippen molar-refractivity contribution in [2.24, 2.45) is 0 Å². The molecule has 0 saturated carbocycles. The molecule has 0 aliphatic rings. The van der Waals surface area contributed by atoms with Gasteiger partial charge in [-0.25, -0.2) is 4.98 Å². The highest BCUT2D eigenvalue weighted by Gasteiger charge is 2.17. The molecule has 0 unspecified atom stereocenters. The predicted molar refractivity (Wildman–Crippen MR) is 114 cm³/mol. The molecule has 138 valence electrons. The summed E-state index contributed by atoms with van der Waals surface area (Å²) in [4.78, 5) is 17.3. The molecule has 1 N–H and O–H groups in total. The number of oxazole rings is 1. The normalized spacial score (nSPS) is 10.6. The molecule has 5 heteroatoms. The molecule has 3 aromatic carbocycles. The van der Waals surface area contributed by atoms with E-state index in [1.807, 2.05) is 73.7 Å². The number of nitrogens with one attached hydrogen (secondary N) is 1. The van der Waals surface area contributed by atoms with Crippen LogP contribution in [-0.2, 0) is 0 Å². The van der Waals surface area contributed by atoms with E-state index in [0.29, 0.717) is 22.8 Å². The molecule has 1 aromatic heterocycles.